The molecule has 1 N–H and O–H groups in total. The Bertz CT molecular complexity index is 1250. The highest BCUT2D eigenvalue weighted by molar-refractivity contribution is 5.94. The molecule has 3 heterocycles. The normalized spacial score (nSPS) is 19.0. The first kappa shape index (κ1) is 25.4. The van der Waals surface area contributed by atoms with E-state index in [9.17, 15) is 4.79 Å². The average Bonchev–Trinajstić information content (AvgIpc) is 3.47. The number of rotatable bonds is 6. The molecule has 5 nitrogen and oxygen atoms in total. The number of carbonyl (C=O) groups is 1. The van der Waals surface area contributed by atoms with Crippen LogP contribution in [0.25, 0.3) is 5.57 Å². The fraction of sp³-hybridized carbons (Fsp3) is 0.375. The van der Waals surface area contributed by atoms with Crippen molar-refractivity contribution >= 4 is 11.5 Å². The second-order valence-electron chi connectivity index (χ2n) is 10.5. The molecule has 2 aliphatic rings. The molecule has 192 valence electrons. The van der Waals surface area contributed by atoms with Gasteiger partial charge in [0.05, 0.1) is 18.2 Å². The molecule has 0 radical (unpaired) electrons. The van der Waals surface area contributed by atoms with Gasteiger partial charge < -0.3 is 15.0 Å². The maximum atomic E-state index is 13.0. The third kappa shape index (κ3) is 6.00. The minimum Gasteiger partial charge on any atom is -0.381 e. The molecule has 2 saturated heterocycles. The lowest BCUT2D eigenvalue weighted by molar-refractivity contribution is 0.0939. The maximum Gasteiger partial charge on any atom is 0.253 e. The van der Waals surface area contributed by atoms with E-state index in [1.165, 1.54) is 27.8 Å². The van der Waals surface area contributed by atoms with Gasteiger partial charge in [-0.1, -0.05) is 59.7 Å². The summed E-state index contributed by atoms with van der Waals surface area (Å²) in [7, 11) is 2.20. The van der Waals surface area contributed by atoms with Crippen molar-refractivity contribution in [1.29, 1.82) is 0 Å². The van der Waals surface area contributed by atoms with E-state index in [1.807, 2.05) is 19.2 Å². The number of nitrogens with zero attached hydrogens (tertiary/aromatic N) is 2. The topological polar surface area (TPSA) is 54.5 Å². The molecule has 2 aromatic carbocycles. The zero-order valence-electron chi connectivity index (χ0n) is 22.2. The second-order valence-corrected chi connectivity index (χ2v) is 10.5. The van der Waals surface area contributed by atoms with Crippen LogP contribution < -0.4 is 5.32 Å². The van der Waals surface area contributed by atoms with Crippen molar-refractivity contribution in [1.82, 2.24) is 15.2 Å². The van der Waals surface area contributed by atoms with Crippen LogP contribution in [0.2, 0.25) is 0 Å². The highest BCUT2D eigenvalue weighted by Gasteiger charge is 2.21. The van der Waals surface area contributed by atoms with Gasteiger partial charge in [-0.2, -0.15) is 0 Å². The van der Waals surface area contributed by atoms with Crippen LogP contribution >= 0.6 is 0 Å². The van der Waals surface area contributed by atoms with Crippen molar-refractivity contribution in [3.63, 3.8) is 0 Å². The maximum absolute atomic E-state index is 13.0. The van der Waals surface area contributed by atoms with Crippen LogP contribution in [0.1, 0.15) is 76.3 Å². The summed E-state index contributed by atoms with van der Waals surface area (Å²) in [6, 6.07) is 19.4. The van der Waals surface area contributed by atoms with Crippen molar-refractivity contribution in [2.24, 2.45) is 0 Å². The smallest absolute Gasteiger partial charge is 0.253 e. The molecule has 2 atom stereocenters. The number of likely N-dealkylation sites (tertiary alicyclic amines) is 1. The molecule has 5 heteroatoms. The SMILES string of the molecule is Cc1ccc(C(=C2CCN(C)CC2)c2ccc([C@@H](C)NC(=O)c3cncc(C4CCOC4)c3)cc2)cc1. The summed E-state index contributed by atoms with van der Waals surface area (Å²) in [5.74, 6) is 0.227. The fourth-order valence-electron chi connectivity index (χ4n) is 5.34. The Labute approximate surface area is 220 Å². The highest BCUT2D eigenvalue weighted by atomic mass is 16.5. The first-order chi connectivity index (χ1) is 18.0. The Morgan fingerprint density at radius 2 is 1.68 bits per heavy atom. The van der Waals surface area contributed by atoms with Gasteiger partial charge in [0.15, 0.2) is 0 Å². The molecule has 5 rings (SSSR count). The van der Waals surface area contributed by atoms with Gasteiger partial charge in [-0.3, -0.25) is 9.78 Å². The lowest BCUT2D eigenvalue weighted by Crippen LogP contribution is -2.27. The van der Waals surface area contributed by atoms with E-state index in [1.54, 1.807) is 6.20 Å². The fourth-order valence-corrected chi connectivity index (χ4v) is 5.34. The molecule has 2 aliphatic heterocycles. The van der Waals surface area contributed by atoms with Crippen molar-refractivity contribution in [3.05, 3.63) is 106 Å². The van der Waals surface area contributed by atoms with Gasteiger partial charge in [-0.05, 0) is 74.1 Å². The molecular weight excluding hydrogens is 458 g/mol. The van der Waals surface area contributed by atoms with Gasteiger partial charge in [0.25, 0.3) is 5.91 Å². The van der Waals surface area contributed by atoms with Crippen LogP contribution in [0.5, 0.6) is 0 Å². The van der Waals surface area contributed by atoms with Gasteiger partial charge in [0, 0.05) is 38.0 Å². The Hall–Kier alpha value is -3.28. The lowest BCUT2D eigenvalue weighted by Gasteiger charge is -2.27. The number of ether oxygens (including phenoxy) is 1. The van der Waals surface area contributed by atoms with Gasteiger partial charge in [0.2, 0.25) is 0 Å². The number of hydrogen-bond acceptors (Lipinski definition) is 4. The predicted octanol–water partition coefficient (Wildman–Crippen LogP) is 5.91. The molecule has 1 aromatic heterocycles. The summed E-state index contributed by atoms with van der Waals surface area (Å²) in [6.45, 7) is 7.82. The van der Waals surface area contributed by atoms with E-state index in [-0.39, 0.29) is 11.9 Å². The van der Waals surface area contributed by atoms with E-state index in [0.29, 0.717) is 18.1 Å². The largest absolute Gasteiger partial charge is 0.381 e. The second kappa shape index (κ2) is 11.4. The summed E-state index contributed by atoms with van der Waals surface area (Å²) < 4.78 is 5.50. The third-order valence-corrected chi connectivity index (χ3v) is 7.75. The van der Waals surface area contributed by atoms with Crippen LogP contribution in [0.4, 0.5) is 0 Å². The number of aryl methyl sites for hydroxylation is 1. The number of aromatic nitrogens is 1. The van der Waals surface area contributed by atoms with E-state index in [0.717, 1.165) is 50.1 Å². The van der Waals surface area contributed by atoms with E-state index < -0.39 is 0 Å². The molecule has 0 bridgehead atoms. The third-order valence-electron chi connectivity index (χ3n) is 7.75. The number of pyridine rings is 1. The van der Waals surface area contributed by atoms with E-state index in [4.69, 9.17) is 4.74 Å². The Morgan fingerprint density at radius 3 is 2.32 bits per heavy atom. The van der Waals surface area contributed by atoms with Crippen molar-refractivity contribution in [2.45, 2.75) is 45.1 Å². The highest BCUT2D eigenvalue weighted by Crippen LogP contribution is 2.33. The number of hydrogen-bond donors (Lipinski definition) is 1. The summed E-state index contributed by atoms with van der Waals surface area (Å²) in [6.07, 6.45) is 6.66. The molecular formula is C32H37N3O2. The summed E-state index contributed by atoms with van der Waals surface area (Å²) >= 11 is 0. The van der Waals surface area contributed by atoms with E-state index in [2.05, 4.69) is 77.7 Å². The van der Waals surface area contributed by atoms with Gasteiger partial charge in [-0.15, -0.1) is 0 Å². The average molecular weight is 496 g/mol. The first-order valence-electron chi connectivity index (χ1n) is 13.4. The Morgan fingerprint density at radius 1 is 1.00 bits per heavy atom. The summed E-state index contributed by atoms with van der Waals surface area (Å²) in [5.41, 5.74) is 9.43. The van der Waals surface area contributed by atoms with E-state index >= 15 is 0 Å². The molecule has 1 unspecified atom stereocenters. The molecule has 1 amide bonds. The molecule has 0 saturated carbocycles. The molecule has 0 spiro atoms. The first-order valence-corrected chi connectivity index (χ1v) is 13.4. The van der Waals surface area contributed by atoms with Crippen LogP contribution in [-0.2, 0) is 4.74 Å². The quantitative estimate of drug-likeness (QED) is 0.462. The number of amides is 1. The molecule has 2 fully saturated rings. The van der Waals surface area contributed by atoms with Gasteiger partial charge in [-0.25, -0.2) is 0 Å². The van der Waals surface area contributed by atoms with Crippen LogP contribution in [-0.4, -0.2) is 49.1 Å². The predicted molar refractivity (Wildman–Crippen MR) is 149 cm³/mol. The summed E-state index contributed by atoms with van der Waals surface area (Å²) in [4.78, 5) is 19.7. The minimum absolute atomic E-state index is 0.0985. The van der Waals surface area contributed by atoms with Crippen molar-refractivity contribution in [2.75, 3.05) is 33.4 Å². The monoisotopic (exact) mass is 495 g/mol. The lowest BCUT2D eigenvalue weighted by atomic mass is 9.87. The van der Waals surface area contributed by atoms with Crippen LogP contribution in [0.3, 0.4) is 0 Å². The van der Waals surface area contributed by atoms with Gasteiger partial charge >= 0.3 is 0 Å². The minimum atomic E-state index is -0.112. The van der Waals surface area contributed by atoms with Crippen LogP contribution in [0.15, 0.2) is 72.6 Å². The Kier molecular flexibility index (Phi) is 7.82. The molecule has 3 aromatic rings. The number of carbonyl (C=O) groups excluding carboxylic acids is 1. The standard InChI is InChI=1S/C32H37N3O2/c1-22-4-6-25(7-5-22)31(27-12-15-35(3)16-13-27)26-10-8-24(9-11-26)23(2)34-32(36)30-18-29(19-33-20-30)28-14-17-37-21-28/h4-11,18-20,23,28H,12-17,21H2,1-3H3,(H,34,36)/t23-,28?/m1/s1. The molecule has 0 aliphatic carbocycles. The van der Waals surface area contributed by atoms with Crippen LogP contribution in [0, 0.1) is 6.92 Å². The zero-order chi connectivity index (χ0) is 25.8. The van der Waals surface area contributed by atoms with Crippen molar-refractivity contribution in [3.8, 4) is 0 Å². The molecule has 37 heavy (non-hydrogen) atoms. The van der Waals surface area contributed by atoms with Crippen molar-refractivity contribution < 1.29 is 9.53 Å². The number of piperidine rings is 1. The summed E-state index contributed by atoms with van der Waals surface area (Å²) in [5, 5.41) is 3.16. The Balaban J connectivity index is 1.33. The van der Waals surface area contributed by atoms with Gasteiger partial charge in [0.1, 0.15) is 0 Å². The number of benzene rings is 2. The number of nitrogens with one attached hydrogen (secondary N) is 1. The zero-order valence-corrected chi connectivity index (χ0v) is 22.2.